The average molecular weight is 300 g/mol. The van der Waals surface area contributed by atoms with E-state index in [0.29, 0.717) is 0 Å². The Hall–Kier alpha value is -0.830. The number of aryl methyl sites for hydroxylation is 1. The van der Waals surface area contributed by atoms with Crippen LogP contribution in [0.25, 0.3) is 0 Å². The van der Waals surface area contributed by atoms with E-state index in [1.165, 1.54) is 25.1 Å². The minimum Gasteiger partial charge on any atom is -0.380 e. The topological polar surface area (TPSA) is 29.1 Å². The zero-order valence-electron chi connectivity index (χ0n) is 11.5. The van der Waals surface area contributed by atoms with Gasteiger partial charge in [0.05, 0.1) is 0 Å². The Morgan fingerprint density at radius 2 is 1.71 bits per heavy atom. The molecule has 0 saturated carbocycles. The molecule has 0 aliphatic rings. The summed E-state index contributed by atoms with van der Waals surface area (Å²) in [5.41, 5.74) is 2.56. The Balaban J connectivity index is 0.000000557. The summed E-state index contributed by atoms with van der Waals surface area (Å²) in [6.07, 6.45) is 0. The van der Waals surface area contributed by atoms with E-state index in [0.717, 1.165) is 4.47 Å². The van der Waals surface area contributed by atoms with Crippen molar-refractivity contribution in [3.8, 4) is 0 Å². The molecule has 0 bridgehead atoms. The summed E-state index contributed by atoms with van der Waals surface area (Å²) >= 11 is 3.48. The van der Waals surface area contributed by atoms with E-state index in [1.807, 2.05) is 0 Å². The Bertz CT molecular complexity index is 376. The molecule has 1 rings (SSSR count). The van der Waals surface area contributed by atoms with E-state index in [4.69, 9.17) is 0 Å². The predicted molar refractivity (Wildman–Crippen MR) is 78.6 cm³/mol. The van der Waals surface area contributed by atoms with Crippen molar-refractivity contribution in [2.45, 2.75) is 47.1 Å². The zero-order chi connectivity index (χ0) is 13.6. The maximum atomic E-state index is 9.44. The highest BCUT2D eigenvalue weighted by atomic mass is 79.9. The van der Waals surface area contributed by atoms with Crippen LogP contribution in [-0.4, -0.2) is 11.3 Å². The number of ketones is 1. The molecule has 0 aliphatic carbocycles. The van der Waals surface area contributed by atoms with E-state index in [2.05, 4.69) is 67.1 Å². The molecule has 0 amide bonds. The molecule has 1 aromatic carbocycles. The summed E-state index contributed by atoms with van der Waals surface area (Å²) in [4.78, 5) is 9.44. The quantitative estimate of drug-likeness (QED) is 0.823. The van der Waals surface area contributed by atoms with Crippen LogP contribution in [0.15, 0.2) is 22.7 Å². The molecule has 0 atom stereocenters. The van der Waals surface area contributed by atoms with Crippen LogP contribution < -0.4 is 5.32 Å². The van der Waals surface area contributed by atoms with E-state index in [1.54, 1.807) is 0 Å². The van der Waals surface area contributed by atoms with E-state index >= 15 is 0 Å². The van der Waals surface area contributed by atoms with Crippen molar-refractivity contribution in [3.63, 3.8) is 0 Å². The SMILES string of the molecule is CC(C)=O.Cc1cc(NC(C)(C)C)ccc1Br. The molecule has 0 heterocycles. The molecule has 0 unspecified atom stereocenters. The van der Waals surface area contributed by atoms with Gasteiger partial charge in [-0.05, 0) is 65.3 Å². The fourth-order valence-electron chi connectivity index (χ4n) is 1.16. The third-order valence-electron chi connectivity index (χ3n) is 1.68. The monoisotopic (exact) mass is 299 g/mol. The van der Waals surface area contributed by atoms with Crippen LogP contribution >= 0.6 is 15.9 Å². The van der Waals surface area contributed by atoms with Crippen LogP contribution in [0, 0.1) is 6.92 Å². The first-order valence-corrected chi connectivity index (χ1v) is 6.42. The van der Waals surface area contributed by atoms with E-state index in [-0.39, 0.29) is 11.3 Å². The fraction of sp³-hybridized carbons (Fsp3) is 0.500. The second kappa shape index (κ2) is 6.80. The van der Waals surface area contributed by atoms with Gasteiger partial charge in [-0.2, -0.15) is 0 Å². The predicted octanol–water partition coefficient (Wildman–Crippen LogP) is 4.56. The van der Waals surface area contributed by atoms with Crippen molar-refractivity contribution < 1.29 is 4.79 Å². The summed E-state index contributed by atoms with van der Waals surface area (Å²) in [5, 5.41) is 3.43. The van der Waals surface area contributed by atoms with Gasteiger partial charge >= 0.3 is 0 Å². The Morgan fingerprint density at radius 3 is 2.06 bits per heavy atom. The standard InChI is InChI=1S/C11H16BrN.C3H6O/c1-8-7-9(5-6-10(8)12)13-11(2,3)4;1-3(2)4/h5-7,13H,1-4H3;1-2H3. The van der Waals surface area contributed by atoms with Crippen molar-refractivity contribution in [2.75, 3.05) is 5.32 Å². The highest BCUT2D eigenvalue weighted by molar-refractivity contribution is 9.10. The third-order valence-corrected chi connectivity index (χ3v) is 2.57. The summed E-state index contributed by atoms with van der Waals surface area (Å²) in [6.45, 7) is 11.6. The fourth-order valence-corrected chi connectivity index (χ4v) is 1.40. The maximum absolute atomic E-state index is 9.44. The van der Waals surface area contributed by atoms with Crippen LogP contribution in [0.5, 0.6) is 0 Å². The number of hydrogen-bond acceptors (Lipinski definition) is 2. The molecule has 0 saturated heterocycles. The van der Waals surface area contributed by atoms with Gasteiger partial charge < -0.3 is 10.1 Å². The van der Waals surface area contributed by atoms with Gasteiger partial charge in [0.1, 0.15) is 5.78 Å². The number of anilines is 1. The Kier molecular flexibility index (Phi) is 6.46. The minimum absolute atomic E-state index is 0.125. The lowest BCUT2D eigenvalue weighted by Gasteiger charge is -2.22. The molecular weight excluding hydrogens is 278 g/mol. The van der Waals surface area contributed by atoms with E-state index in [9.17, 15) is 4.79 Å². The molecule has 0 fully saturated rings. The number of carbonyl (C=O) groups excluding carboxylic acids is 1. The van der Waals surface area contributed by atoms with Crippen molar-refractivity contribution in [2.24, 2.45) is 0 Å². The third kappa shape index (κ3) is 8.93. The van der Waals surface area contributed by atoms with Gasteiger partial charge in [0.2, 0.25) is 0 Å². The van der Waals surface area contributed by atoms with Crippen LogP contribution in [0.4, 0.5) is 5.69 Å². The number of benzene rings is 1. The van der Waals surface area contributed by atoms with Crippen LogP contribution in [0.1, 0.15) is 40.2 Å². The maximum Gasteiger partial charge on any atom is 0.126 e. The molecule has 0 aromatic heterocycles. The zero-order valence-corrected chi connectivity index (χ0v) is 13.1. The van der Waals surface area contributed by atoms with Crippen molar-refractivity contribution in [1.82, 2.24) is 0 Å². The van der Waals surface area contributed by atoms with Crippen molar-refractivity contribution in [1.29, 1.82) is 0 Å². The molecule has 0 spiro atoms. The molecule has 96 valence electrons. The van der Waals surface area contributed by atoms with Gasteiger partial charge in [-0.25, -0.2) is 0 Å². The van der Waals surface area contributed by atoms with Crippen LogP contribution in [0.2, 0.25) is 0 Å². The number of carbonyl (C=O) groups is 1. The first-order valence-electron chi connectivity index (χ1n) is 5.63. The van der Waals surface area contributed by atoms with E-state index < -0.39 is 0 Å². The summed E-state index contributed by atoms with van der Waals surface area (Å²) in [5.74, 6) is 0.167. The molecule has 1 N–H and O–H groups in total. The lowest BCUT2D eigenvalue weighted by Crippen LogP contribution is -2.25. The van der Waals surface area contributed by atoms with Gasteiger partial charge in [0, 0.05) is 15.7 Å². The molecule has 1 aromatic rings. The Morgan fingerprint density at radius 1 is 1.24 bits per heavy atom. The lowest BCUT2D eigenvalue weighted by molar-refractivity contribution is -0.114. The van der Waals surface area contributed by atoms with Gasteiger partial charge in [-0.1, -0.05) is 15.9 Å². The summed E-state index contributed by atoms with van der Waals surface area (Å²) < 4.78 is 1.16. The molecule has 2 nitrogen and oxygen atoms in total. The van der Waals surface area contributed by atoms with Gasteiger partial charge in [0.25, 0.3) is 0 Å². The molecular formula is C14H22BrNO. The van der Waals surface area contributed by atoms with Crippen LogP contribution in [-0.2, 0) is 4.79 Å². The van der Waals surface area contributed by atoms with Gasteiger partial charge in [-0.15, -0.1) is 0 Å². The van der Waals surface area contributed by atoms with Gasteiger partial charge in [0.15, 0.2) is 0 Å². The summed E-state index contributed by atoms with van der Waals surface area (Å²) in [7, 11) is 0. The summed E-state index contributed by atoms with van der Waals surface area (Å²) in [6, 6.07) is 6.31. The second-order valence-corrected chi connectivity index (χ2v) is 6.10. The highest BCUT2D eigenvalue weighted by Gasteiger charge is 2.09. The first-order chi connectivity index (χ1) is 7.61. The number of halogens is 1. The highest BCUT2D eigenvalue weighted by Crippen LogP contribution is 2.22. The minimum atomic E-state index is 0.125. The molecule has 3 heteroatoms. The average Bonchev–Trinajstić information content (AvgIpc) is 2.08. The first kappa shape index (κ1) is 16.2. The van der Waals surface area contributed by atoms with Crippen molar-refractivity contribution in [3.05, 3.63) is 28.2 Å². The molecule has 0 radical (unpaired) electrons. The Labute approximate surface area is 113 Å². The van der Waals surface area contributed by atoms with Crippen LogP contribution in [0.3, 0.4) is 0 Å². The number of Topliss-reactive ketones (excluding diaryl/α,β-unsaturated/α-hetero) is 1. The molecule has 0 aliphatic heterocycles. The van der Waals surface area contributed by atoms with Gasteiger partial charge in [-0.3, -0.25) is 0 Å². The number of rotatable bonds is 1. The smallest absolute Gasteiger partial charge is 0.126 e. The number of nitrogens with one attached hydrogen (secondary N) is 1. The molecule has 17 heavy (non-hydrogen) atoms. The normalized spacial score (nSPS) is 10.3. The second-order valence-electron chi connectivity index (χ2n) is 5.25. The number of hydrogen-bond donors (Lipinski definition) is 1. The lowest BCUT2D eigenvalue weighted by atomic mass is 10.1. The largest absolute Gasteiger partial charge is 0.380 e. The van der Waals surface area contributed by atoms with Crippen molar-refractivity contribution >= 4 is 27.4 Å².